The molecule has 2 aromatic rings. The molecule has 0 saturated heterocycles. The van der Waals surface area contributed by atoms with Crippen LogP contribution in [0.1, 0.15) is 30.5 Å². The Labute approximate surface area is 139 Å². The van der Waals surface area contributed by atoms with E-state index in [-0.39, 0.29) is 24.8 Å². The molecule has 21 heavy (non-hydrogen) atoms. The van der Waals surface area contributed by atoms with Crippen molar-refractivity contribution in [2.45, 2.75) is 38.6 Å². The smallest absolute Gasteiger partial charge is 0.0516 e. The lowest BCUT2D eigenvalue weighted by atomic mass is 9.96. The normalized spacial score (nSPS) is 13.7. The van der Waals surface area contributed by atoms with E-state index in [0.29, 0.717) is 0 Å². The molecule has 0 aromatic carbocycles. The molecule has 118 valence electrons. The first-order chi connectivity index (χ1) is 9.27. The largest absolute Gasteiger partial charge is 0.344 e. The van der Waals surface area contributed by atoms with Gasteiger partial charge >= 0.3 is 0 Å². The third-order valence-corrected chi connectivity index (χ3v) is 4.17. The fourth-order valence-electron chi connectivity index (χ4n) is 3.28. The van der Waals surface area contributed by atoms with Crippen LogP contribution in [-0.2, 0) is 19.4 Å². The third-order valence-electron chi connectivity index (χ3n) is 4.17. The first-order valence-corrected chi connectivity index (χ1v) is 7.36. The number of hydrogen-bond donors (Lipinski definition) is 0. The molecule has 1 aliphatic rings. The predicted molar refractivity (Wildman–Crippen MR) is 94.0 cm³/mol. The monoisotopic (exact) mass is 329 g/mol. The first kappa shape index (κ1) is 18.3. The van der Waals surface area contributed by atoms with Gasteiger partial charge in [-0.05, 0) is 64.4 Å². The van der Waals surface area contributed by atoms with E-state index in [1.807, 2.05) is 6.20 Å². The van der Waals surface area contributed by atoms with E-state index in [0.717, 1.165) is 13.1 Å². The minimum Gasteiger partial charge on any atom is -0.344 e. The molecule has 1 aliphatic carbocycles. The molecule has 0 bridgehead atoms. The maximum atomic E-state index is 4.32. The van der Waals surface area contributed by atoms with Crippen LogP contribution in [0.25, 0.3) is 10.9 Å². The minimum atomic E-state index is 0. The summed E-state index contributed by atoms with van der Waals surface area (Å²) in [6.07, 6.45) is 10.3. The van der Waals surface area contributed by atoms with Crippen molar-refractivity contribution in [3.05, 3.63) is 29.7 Å². The second kappa shape index (κ2) is 8.02. The van der Waals surface area contributed by atoms with Crippen molar-refractivity contribution in [3.8, 4) is 0 Å². The molecule has 0 N–H and O–H groups in total. The Hall–Kier alpha value is -0.770. The van der Waals surface area contributed by atoms with Gasteiger partial charge in [-0.3, -0.25) is 4.98 Å². The lowest BCUT2D eigenvalue weighted by Crippen LogP contribution is -2.16. The number of rotatable bonds is 4. The summed E-state index contributed by atoms with van der Waals surface area (Å²) in [4.78, 5) is 6.58. The molecule has 3 nitrogen and oxygen atoms in total. The van der Waals surface area contributed by atoms with Gasteiger partial charge in [0.05, 0.1) is 5.52 Å². The molecular formula is C16H25Cl2N3. The van der Waals surface area contributed by atoms with E-state index in [4.69, 9.17) is 0 Å². The molecule has 0 fully saturated rings. The van der Waals surface area contributed by atoms with Crippen LogP contribution in [0.3, 0.4) is 0 Å². The van der Waals surface area contributed by atoms with Crippen molar-refractivity contribution in [3.63, 3.8) is 0 Å². The molecule has 3 rings (SSSR count). The van der Waals surface area contributed by atoms with Crippen molar-refractivity contribution in [1.82, 2.24) is 14.5 Å². The Balaban J connectivity index is 0.00000110. The van der Waals surface area contributed by atoms with Crippen molar-refractivity contribution in [2.75, 3.05) is 20.6 Å². The van der Waals surface area contributed by atoms with Gasteiger partial charge in [0.25, 0.3) is 0 Å². The number of nitrogens with zero attached hydrogens (tertiary/aromatic N) is 3. The zero-order chi connectivity index (χ0) is 13.2. The third kappa shape index (κ3) is 3.71. The van der Waals surface area contributed by atoms with Gasteiger partial charge in [0, 0.05) is 30.0 Å². The van der Waals surface area contributed by atoms with E-state index in [1.54, 1.807) is 11.3 Å². The van der Waals surface area contributed by atoms with Gasteiger partial charge in [-0.25, -0.2) is 0 Å². The van der Waals surface area contributed by atoms with Gasteiger partial charge in [0.15, 0.2) is 0 Å². The lowest BCUT2D eigenvalue weighted by molar-refractivity contribution is 0.386. The number of aromatic nitrogens is 2. The number of aryl methyl sites for hydroxylation is 2. The average Bonchev–Trinajstić information content (AvgIpc) is 2.74. The highest BCUT2D eigenvalue weighted by atomic mass is 35.5. The van der Waals surface area contributed by atoms with E-state index < -0.39 is 0 Å². The Bertz CT molecular complexity index is 578. The van der Waals surface area contributed by atoms with Gasteiger partial charge in [0.2, 0.25) is 0 Å². The van der Waals surface area contributed by atoms with Crippen molar-refractivity contribution in [1.29, 1.82) is 0 Å². The maximum absolute atomic E-state index is 4.32. The molecule has 0 radical (unpaired) electrons. The molecule has 0 saturated carbocycles. The SMILES string of the molecule is CN(C)CCCn1c2c(c3cnccc31)CCCC2.Cl.Cl. The van der Waals surface area contributed by atoms with Crippen molar-refractivity contribution >= 4 is 35.7 Å². The van der Waals surface area contributed by atoms with Gasteiger partial charge in [-0.1, -0.05) is 0 Å². The summed E-state index contributed by atoms with van der Waals surface area (Å²) in [6.45, 7) is 2.29. The van der Waals surface area contributed by atoms with E-state index in [1.165, 1.54) is 43.0 Å². The molecule has 0 amide bonds. The van der Waals surface area contributed by atoms with Gasteiger partial charge in [-0.2, -0.15) is 0 Å². The molecule has 0 aliphatic heterocycles. The summed E-state index contributed by atoms with van der Waals surface area (Å²) in [5, 5.41) is 1.39. The van der Waals surface area contributed by atoms with Crippen LogP contribution < -0.4 is 0 Å². The Morgan fingerprint density at radius 2 is 1.95 bits per heavy atom. The van der Waals surface area contributed by atoms with E-state index in [9.17, 15) is 0 Å². The predicted octanol–water partition coefficient (Wildman–Crippen LogP) is 3.71. The van der Waals surface area contributed by atoms with Crippen molar-refractivity contribution < 1.29 is 0 Å². The van der Waals surface area contributed by atoms with Crippen molar-refractivity contribution in [2.24, 2.45) is 0 Å². The van der Waals surface area contributed by atoms with Crippen LogP contribution in [0.2, 0.25) is 0 Å². The minimum absolute atomic E-state index is 0. The zero-order valence-corrected chi connectivity index (χ0v) is 14.5. The summed E-state index contributed by atoms with van der Waals surface area (Å²) in [6, 6.07) is 2.18. The first-order valence-electron chi connectivity index (χ1n) is 7.36. The quantitative estimate of drug-likeness (QED) is 0.852. The molecule has 2 heterocycles. The van der Waals surface area contributed by atoms with Gasteiger partial charge in [0.1, 0.15) is 0 Å². The molecule has 0 unspecified atom stereocenters. The fraction of sp³-hybridized carbons (Fsp3) is 0.562. The van der Waals surface area contributed by atoms with E-state index in [2.05, 4.69) is 40.8 Å². The standard InChI is InChI=1S/C16H23N3.2ClH/c1-18(2)10-5-11-19-15-7-4-3-6-13(15)14-12-17-9-8-16(14)19;;/h8-9,12H,3-7,10-11H2,1-2H3;2*1H. The summed E-state index contributed by atoms with van der Waals surface area (Å²) in [7, 11) is 4.29. The maximum Gasteiger partial charge on any atom is 0.0516 e. The number of pyridine rings is 1. The van der Waals surface area contributed by atoms with Crippen LogP contribution >= 0.6 is 24.8 Å². The van der Waals surface area contributed by atoms with E-state index >= 15 is 0 Å². The molecule has 5 heteroatoms. The summed E-state index contributed by atoms with van der Waals surface area (Å²) < 4.78 is 2.55. The molecule has 0 spiro atoms. The Morgan fingerprint density at radius 3 is 2.71 bits per heavy atom. The highest BCUT2D eigenvalue weighted by Crippen LogP contribution is 2.31. The number of fused-ring (bicyclic) bond motifs is 3. The van der Waals surface area contributed by atoms with Crippen LogP contribution in [0.4, 0.5) is 0 Å². The fourth-order valence-corrected chi connectivity index (χ4v) is 3.28. The molecular weight excluding hydrogens is 305 g/mol. The number of halogens is 2. The second-order valence-electron chi connectivity index (χ2n) is 5.83. The topological polar surface area (TPSA) is 21.1 Å². The molecule has 0 atom stereocenters. The zero-order valence-electron chi connectivity index (χ0n) is 12.8. The molecule has 2 aromatic heterocycles. The van der Waals surface area contributed by atoms with Crippen LogP contribution in [-0.4, -0.2) is 35.1 Å². The Morgan fingerprint density at radius 1 is 1.19 bits per heavy atom. The van der Waals surface area contributed by atoms with Gasteiger partial charge < -0.3 is 9.47 Å². The number of hydrogen-bond acceptors (Lipinski definition) is 2. The highest BCUT2D eigenvalue weighted by molar-refractivity contribution is 5.86. The van der Waals surface area contributed by atoms with Gasteiger partial charge in [-0.15, -0.1) is 24.8 Å². The summed E-state index contributed by atoms with van der Waals surface area (Å²) >= 11 is 0. The highest BCUT2D eigenvalue weighted by Gasteiger charge is 2.19. The van der Waals surface area contributed by atoms with Crippen LogP contribution in [0.5, 0.6) is 0 Å². The lowest BCUT2D eigenvalue weighted by Gasteiger charge is -2.17. The second-order valence-corrected chi connectivity index (χ2v) is 5.83. The average molecular weight is 330 g/mol. The van der Waals surface area contributed by atoms with Crippen LogP contribution in [0, 0.1) is 0 Å². The van der Waals surface area contributed by atoms with Crippen LogP contribution in [0.15, 0.2) is 18.5 Å². The summed E-state index contributed by atoms with van der Waals surface area (Å²) in [5.41, 5.74) is 4.54. The summed E-state index contributed by atoms with van der Waals surface area (Å²) in [5.74, 6) is 0. The Kier molecular flexibility index (Phi) is 6.98.